The zero-order valence-corrected chi connectivity index (χ0v) is 21.5. The van der Waals surface area contributed by atoms with E-state index in [-0.39, 0.29) is 22.7 Å². The summed E-state index contributed by atoms with van der Waals surface area (Å²) in [4.78, 5) is 28.2. The highest BCUT2D eigenvalue weighted by Gasteiger charge is 2.42. The fourth-order valence-electron chi connectivity index (χ4n) is 5.08. The van der Waals surface area contributed by atoms with Crippen LogP contribution < -0.4 is 9.47 Å². The standard InChI is InChI=1S/C34H26O4/c1-4-22-15-16-26-28(19-22)34(38-24-12-8-10-21(3)18-24)30-29(32(26)36)33(37-23-11-7-9-20(2)17-23)27-14-6-5-13-25(27)31(30)35/h5-19H,4H2,1-3H3. The largest absolute Gasteiger partial charge is 0.456 e. The van der Waals surface area contributed by atoms with Crippen molar-refractivity contribution in [1.29, 1.82) is 0 Å². The van der Waals surface area contributed by atoms with Crippen LogP contribution in [0.3, 0.4) is 0 Å². The van der Waals surface area contributed by atoms with Crippen molar-refractivity contribution in [3.63, 3.8) is 0 Å². The van der Waals surface area contributed by atoms with E-state index in [1.807, 2.05) is 98.8 Å². The number of carbonyl (C=O) groups is 2. The number of benzene rings is 4. The summed E-state index contributed by atoms with van der Waals surface area (Å²) >= 11 is 0. The van der Waals surface area contributed by atoms with Crippen LogP contribution in [0.15, 0.2) is 102 Å². The Kier molecular flexibility index (Phi) is 5.80. The molecule has 0 aliphatic heterocycles. The smallest absolute Gasteiger partial charge is 0.198 e. The summed E-state index contributed by atoms with van der Waals surface area (Å²) in [7, 11) is 0. The first-order chi connectivity index (χ1) is 18.4. The Morgan fingerprint density at radius 2 is 1.08 bits per heavy atom. The molecule has 4 aromatic rings. The first kappa shape index (κ1) is 23.7. The van der Waals surface area contributed by atoms with Crippen LogP contribution in [0.4, 0.5) is 0 Å². The molecule has 0 heterocycles. The highest BCUT2D eigenvalue weighted by atomic mass is 16.5. The van der Waals surface area contributed by atoms with E-state index in [2.05, 4.69) is 6.92 Å². The minimum atomic E-state index is -0.254. The minimum absolute atomic E-state index is 0.231. The Balaban J connectivity index is 1.67. The minimum Gasteiger partial charge on any atom is -0.456 e. The van der Waals surface area contributed by atoms with E-state index in [0.29, 0.717) is 45.3 Å². The van der Waals surface area contributed by atoms with E-state index in [9.17, 15) is 9.59 Å². The van der Waals surface area contributed by atoms with Crippen molar-refractivity contribution in [2.24, 2.45) is 0 Å². The molecule has 0 saturated heterocycles. The number of Topliss-reactive ketones (excluding diaryl/α,β-unsaturated/α-hetero) is 2. The SMILES string of the molecule is CCc1ccc2c(c1)C(Oc1cccc(C)c1)=C1C(=O)c3ccccc3C(Oc3cccc(C)c3)=C1C2=O. The maximum Gasteiger partial charge on any atom is 0.198 e. The van der Waals surface area contributed by atoms with Crippen molar-refractivity contribution >= 4 is 23.1 Å². The van der Waals surface area contributed by atoms with Gasteiger partial charge >= 0.3 is 0 Å². The molecule has 4 nitrogen and oxygen atoms in total. The molecule has 0 unspecified atom stereocenters. The fourth-order valence-corrected chi connectivity index (χ4v) is 5.08. The predicted octanol–water partition coefficient (Wildman–Crippen LogP) is 7.54. The van der Waals surface area contributed by atoms with Gasteiger partial charge in [-0.05, 0) is 67.3 Å². The Morgan fingerprint density at radius 3 is 1.63 bits per heavy atom. The molecule has 6 rings (SSSR count). The second kappa shape index (κ2) is 9.31. The van der Waals surface area contributed by atoms with Gasteiger partial charge < -0.3 is 9.47 Å². The maximum absolute atomic E-state index is 14.1. The Morgan fingerprint density at radius 1 is 0.553 bits per heavy atom. The lowest BCUT2D eigenvalue weighted by Gasteiger charge is -2.30. The third-order valence-corrected chi connectivity index (χ3v) is 6.97. The lowest BCUT2D eigenvalue weighted by atomic mass is 9.76. The van der Waals surface area contributed by atoms with E-state index in [4.69, 9.17) is 9.47 Å². The molecule has 0 fully saturated rings. The number of hydrogen-bond donors (Lipinski definition) is 0. The van der Waals surface area contributed by atoms with Gasteiger partial charge in [0, 0.05) is 22.3 Å². The topological polar surface area (TPSA) is 52.6 Å². The molecule has 0 N–H and O–H groups in total. The van der Waals surface area contributed by atoms with Gasteiger partial charge in [0.15, 0.2) is 11.6 Å². The van der Waals surface area contributed by atoms with Crippen LogP contribution >= 0.6 is 0 Å². The third-order valence-electron chi connectivity index (χ3n) is 6.97. The first-order valence-electron chi connectivity index (χ1n) is 12.7. The van der Waals surface area contributed by atoms with E-state index < -0.39 is 0 Å². The average Bonchev–Trinajstić information content (AvgIpc) is 2.92. The van der Waals surface area contributed by atoms with Gasteiger partial charge in [0.25, 0.3) is 0 Å². The molecular weight excluding hydrogens is 472 g/mol. The fraction of sp³-hybridized carbons (Fsp3) is 0.118. The van der Waals surface area contributed by atoms with Gasteiger partial charge in [-0.3, -0.25) is 9.59 Å². The Hall–Kier alpha value is -4.70. The van der Waals surface area contributed by atoms with Crippen LogP contribution in [0.5, 0.6) is 11.5 Å². The molecule has 0 saturated carbocycles. The Bertz CT molecular complexity index is 1700. The van der Waals surface area contributed by atoms with Crippen LogP contribution in [0.2, 0.25) is 0 Å². The van der Waals surface area contributed by atoms with Crippen LogP contribution in [0, 0.1) is 13.8 Å². The van der Waals surface area contributed by atoms with Crippen molar-refractivity contribution in [2.75, 3.05) is 0 Å². The molecule has 0 bridgehead atoms. The maximum atomic E-state index is 14.1. The van der Waals surface area contributed by atoms with Gasteiger partial charge in [-0.2, -0.15) is 0 Å². The van der Waals surface area contributed by atoms with Crippen molar-refractivity contribution in [2.45, 2.75) is 27.2 Å². The number of ether oxygens (including phenoxy) is 2. The summed E-state index contributed by atoms with van der Waals surface area (Å²) in [5.41, 5.74) is 5.75. The monoisotopic (exact) mass is 498 g/mol. The first-order valence-corrected chi connectivity index (χ1v) is 12.7. The summed E-state index contributed by atoms with van der Waals surface area (Å²) in [6, 6.07) is 28.3. The molecule has 0 amide bonds. The second-order valence-electron chi connectivity index (χ2n) is 9.68. The number of rotatable bonds is 5. The van der Waals surface area contributed by atoms with Crippen molar-refractivity contribution in [3.05, 3.63) is 141 Å². The number of carbonyl (C=O) groups excluding carboxylic acids is 2. The number of allylic oxidation sites excluding steroid dienone is 2. The Labute approximate surface area is 221 Å². The third kappa shape index (κ3) is 3.95. The summed E-state index contributed by atoms with van der Waals surface area (Å²) < 4.78 is 12.9. The van der Waals surface area contributed by atoms with Crippen LogP contribution in [-0.4, -0.2) is 11.6 Å². The highest BCUT2D eigenvalue weighted by Crippen LogP contribution is 2.45. The average molecular weight is 499 g/mol. The molecule has 2 aliphatic rings. The zero-order valence-electron chi connectivity index (χ0n) is 21.5. The molecule has 0 radical (unpaired) electrons. The molecule has 0 spiro atoms. The molecule has 38 heavy (non-hydrogen) atoms. The molecule has 4 aromatic carbocycles. The number of hydrogen-bond acceptors (Lipinski definition) is 4. The van der Waals surface area contributed by atoms with Crippen LogP contribution in [0.1, 0.15) is 55.5 Å². The van der Waals surface area contributed by atoms with Gasteiger partial charge in [-0.15, -0.1) is 0 Å². The van der Waals surface area contributed by atoms with Crippen LogP contribution in [0.25, 0.3) is 11.5 Å². The van der Waals surface area contributed by atoms with Gasteiger partial charge in [0.2, 0.25) is 0 Å². The summed E-state index contributed by atoms with van der Waals surface area (Å²) in [5, 5.41) is 0. The van der Waals surface area contributed by atoms with Crippen molar-refractivity contribution in [3.8, 4) is 11.5 Å². The van der Waals surface area contributed by atoms with Crippen molar-refractivity contribution in [1.82, 2.24) is 0 Å². The number of aryl methyl sites for hydroxylation is 3. The zero-order chi connectivity index (χ0) is 26.4. The molecule has 0 atom stereocenters. The highest BCUT2D eigenvalue weighted by molar-refractivity contribution is 6.34. The number of fused-ring (bicyclic) bond motifs is 3. The van der Waals surface area contributed by atoms with Gasteiger partial charge in [0.05, 0.1) is 11.1 Å². The van der Waals surface area contributed by atoms with E-state index in [1.54, 1.807) is 6.07 Å². The van der Waals surface area contributed by atoms with Crippen LogP contribution in [-0.2, 0) is 6.42 Å². The lowest BCUT2D eigenvalue weighted by Crippen LogP contribution is -2.29. The van der Waals surface area contributed by atoms with Gasteiger partial charge in [-0.1, -0.05) is 67.6 Å². The summed E-state index contributed by atoms with van der Waals surface area (Å²) in [6.45, 7) is 6.02. The number of ketones is 2. The van der Waals surface area contributed by atoms with E-state index >= 15 is 0 Å². The lowest BCUT2D eigenvalue weighted by molar-refractivity contribution is 0.0989. The molecule has 2 aliphatic carbocycles. The second-order valence-corrected chi connectivity index (χ2v) is 9.68. The summed E-state index contributed by atoms with van der Waals surface area (Å²) in [6.07, 6.45) is 0.787. The van der Waals surface area contributed by atoms with E-state index in [1.165, 1.54) is 0 Å². The van der Waals surface area contributed by atoms with E-state index in [0.717, 1.165) is 23.1 Å². The predicted molar refractivity (Wildman–Crippen MR) is 148 cm³/mol. The van der Waals surface area contributed by atoms with Crippen molar-refractivity contribution < 1.29 is 19.1 Å². The quantitative estimate of drug-likeness (QED) is 0.285. The summed E-state index contributed by atoms with van der Waals surface area (Å²) in [5.74, 6) is 1.43. The van der Waals surface area contributed by atoms with Gasteiger partial charge in [-0.25, -0.2) is 0 Å². The molecule has 4 heteroatoms. The molecule has 186 valence electrons. The molecular formula is C34H26O4. The normalized spacial score (nSPS) is 14.2. The molecule has 0 aromatic heterocycles. The van der Waals surface area contributed by atoms with Gasteiger partial charge in [0.1, 0.15) is 23.0 Å².